The number of aryl methyl sites for hydroxylation is 1. The molecule has 2 aromatic rings. The standard InChI is InChI=1S/C13H12N4O4/c1-8-6-15-11(7-14-8)13(18)16-10-5-9(17(19)20)3-4-12(10)21-2/h3-7H,1-2H3,(H,16,18). The number of amides is 1. The fourth-order valence-electron chi connectivity index (χ4n) is 1.60. The van der Waals surface area contributed by atoms with E-state index in [9.17, 15) is 14.9 Å². The average molecular weight is 288 g/mol. The van der Waals surface area contributed by atoms with Gasteiger partial charge in [-0.2, -0.15) is 0 Å². The van der Waals surface area contributed by atoms with Gasteiger partial charge in [-0.1, -0.05) is 0 Å². The summed E-state index contributed by atoms with van der Waals surface area (Å²) in [4.78, 5) is 30.2. The van der Waals surface area contributed by atoms with Crippen LogP contribution >= 0.6 is 0 Å². The van der Waals surface area contributed by atoms with Crippen molar-refractivity contribution < 1.29 is 14.5 Å². The van der Waals surface area contributed by atoms with Crippen LogP contribution in [-0.4, -0.2) is 27.9 Å². The van der Waals surface area contributed by atoms with Gasteiger partial charge in [-0.15, -0.1) is 0 Å². The van der Waals surface area contributed by atoms with E-state index in [0.29, 0.717) is 11.4 Å². The zero-order valence-corrected chi connectivity index (χ0v) is 11.4. The minimum Gasteiger partial charge on any atom is -0.495 e. The normalized spacial score (nSPS) is 10.0. The molecule has 0 saturated carbocycles. The molecule has 1 amide bonds. The van der Waals surface area contributed by atoms with Crippen LogP contribution in [-0.2, 0) is 0 Å². The summed E-state index contributed by atoms with van der Waals surface area (Å²) >= 11 is 0. The van der Waals surface area contributed by atoms with Crippen molar-refractivity contribution in [1.82, 2.24) is 9.97 Å². The van der Waals surface area contributed by atoms with Gasteiger partial charge in [0.15, 0.2) is 0 Å². The molecule has 0 spiro atoms. The van der Waals surface area contributed by atoms with Gasteiger partial charge in [-0.3, -0.25) is 19.9 Å². The van der Waals surface area contributed by atoms with Crippen molar-refractivity contribution in [2.45, 2.75) is 6.92 Å². The summed E-state index contributed by atoms with van der Waals surface area (Å²) in [5.41, 5.74) is 0.828. The summed E-state index contributed by atoms with van der Waals surface area (Å²) < 4.78 is 5.06. The molecule has 0 fully saturated rings. The number of carbonyl (C=O) groups is 1. The molecule has 108 valence electrons. The maximum atomic E-state index is 12.0. The zero-order chi connectivity index (χ0) is 15.4. The fourth-order valence-corrected chi connectivity index (χ4v) is 1.60. The van der Waals surface area contributed by atoms with Crippen molar-refractivity contribution in [3.63, 3.8) is 0 Å². The van der Waals surface area contributed by atoms with Crippen LogP contribution in [0.3, 0.4) is 0 Å². The van der Waals surface area contributed by atoms with Crippen LogP contribution in [0.15, 0.2) is 30.6 Å². The van der Waals surface area contributed by atoms with Crippen LogP contribution in [0.4, 0.5) is 11.4 Å². The van der Waals surface area contributed by atoms with Gasteiger partial charge >= 0.3 is 0 Å². The molecule has 0 radical (unpaired) electrons. The lowest BCUT2D eigenvalue weighted by atomic mass is 10.2. The van der Waals surface area contributed by atoms with Crippen molar-refractivity contribution in [2.24, 2.45) is 0 Å². The number of nitrogens with zero attached hydrogens (tertiary/aromatic N) is 3. The van der Waals surface area contributed by atoms with Gasteiger partial charge in [-0.05, 0) is 13.0 Å². The summed E-state index contributed by atoms with van der Waals surface area (Å²) in [5, 5.41) is 13.3. The van der Waals surface area contributed by atoms with Crippen LogP contribution in [0.1, 0.15) is 16.2 Å². The monoisotopic (exact) mass is 288 g/mol. The van der Waals surface area contributed by atoms with Crippen molar-refractivity contribution in [3.8, 4) is 5.75 Å². The summed E-state index contributed by atoms with van der Waals surface area (Å²) in [6.07, 6.45) is 2.79. The van der Waals surface area contributed by atoms with Crippen molar-refractivity contribution >= 4 is 17.3 Å². The summed E-state index contributed by atoms with van der Waals surface area (Å²) in [6.45, 7) is 1.75. The third kappa shape index (κ3) is 3.30. The van der Waals surface area contributed by atoms with Crippen LogP contribution in [0, 0.1) is 17.0 Å². The molecule has 0 saturated heterocycles. The fraction of sp³-hybridized carbons (Fsp3) is 0.154. The van der Waals surface area contributed by atoms with E-state index in [-0.39, 0.29) is 17.1 Å². The Morgan fingerprint density at radius 2 is 2.10 bits per heavy atom. The first-order chi connectivity index (χ1) is 10.0. The Bertz CT molecular complexity index is 685. The summed E-state index contributed by atoms with van der Waals surface area (Å²) in [5.74, 6) is -0.213. The van der Waals surface area contributed by atoms with E-state index in [2.05, 4.69) is 15.3 Å². The molecule has 1 N–H and O–H groups in total. The molecule has 8 nitrogen and oxygen atoms in total. The van der Waals surface area contributed by atoms with Gasteiger partial charge < -0.3 is 10.1 Å². The number of nitro groups is 1. The molecule has 8 heteroatoms. The molecule has 0 aliphatic heterocycles. The maximum Gasteiger partial charge on any atom is 0.275 e. The molecular formula is C13H12N4O4. The Balaban J connectivity index is 2.29. The number of aromatic nitrogens is 2. The van der Waals surface area contributed by atoms with Crippen LogP contribution in [0.2, 0.25) is 0 Å². The summed E-state index contributed by atoms with van der Waals surface area (Å²) in [7, 11) is 1.41. The van der Waals surface area contributed by atoms with Gasteiger partial charge in [0.1, 0.15) is 11.4 Å². The third-order valence-corrected chi connectivity index (χ3v) is 2.66. The number of carbonyl (C=O) groups excluding carboxylic acids is 1. The summed E-state index contributed by atoms with van der Waals surface area (Å²) in [6, 6.07) is 3.92. The minimum atomic E-state index is -0.555. The van der Waals surface area contributed by atoms with Crippen molar-refractivity contribution in [3.05, 3.63) is 52.1 Å². The number of nitrogens with one attached hydrogen (secondary N) is 1. The van der Waals surface area contributed by atoms with Gasteiger partial charge in [-0.25, -0.2) is 4.98 Å². The first kappa shape index (κ1) is 14.4. The number of ether oxygens (including phenoxy) is 1. The van der Waals surface area contributed by atoms with Crippen LogP contribution < -0.4 is 10.1 Å². The molecule has 1 heterocycles. The number of methoxy groups -OCH3 is 1. The smallest absolute Gasteiger partial charge is 0.275 e. The Hall–Kier alpha value is -3.03. The molecule has 0 bridgehead atoms. The second-order valence-electron chi connectivity index (χ2n) is 4.14. The van der Waals surface area contributed by atoms with E-state index in [1.54, 1.807) is 6.92 Å². The average Bonchev–Trinajstić information content (AvgIpc) is 2.47. The van der Waals surface area contributed by atoms with Crippen molar-refractivity contribution in [1.29, 1.82) is 0 Å². The van der Waals surface area contributed by atoms with E-state index < -0.39 is 10.8 Å². The van der Waals surface area contributed by atoms with E-state index in [1.807, 2.05) is 0 Å². The molecule has 1 aromatic heterocycles. The second-order valence-corrected chi connectivity index (χ2v) is 4.14. The Morgan fingerprint density at radius 1 is 1.33 bits per heavy atom. The number of nitro benzene ring substituents is 1. The molecule has 2 rings (SSSR count). The highest BCUT2D eigenvalue weighted by molar-refractivity contribution is 6.03. The lowest BCUT2D eigenvalue weighted by Gasteiger charge is -2.09. The molecule has 0 atom stereocenters. The Morgan fingerprint density at radius 3 is 2.67 bits per heavy atom. The number of rotatable bonds is 4. The SMILES string of the molecule is COc1ccc([N+](=O)[O-])cc1NC(=O)c1cnc(C)cn1. The number of benzene rings is 1. The maximum absolute atomic E-state index is 12.0. The second kappa shape index (κ2) is 5.95. The topological polar surface area (TPSA) is 107 Å². The quantitative estimate of drug-likeness (QED) is 0.680. The molecule has 0 unspecified atom stereocenters. The van der Waals surface area contributed by atoms with Gasteiger partial charge in [0.25, 0.3) is 11.6 Å². The predicted molar refractivity (Wildman–Crippen MR) is 74.4 cm³/mol. The van der Waals surface area contributed by atoms with Gasteiger partial charge in [0.2, 0.25) is 0 Å². The highest BCUT2D eigenvalue weighted by atomic mass is 16.6. The predicted octanol–water partition coefficient (Wildman–Crippen LogP) is 1.95. The Kier molecular flexibility index (Phi) is 4.07. The molecule has 21 heavy (non-hydrogen) atoms. The van der Waals surface area contributed by atoms with E-state index >= 15 is 0 Å². The lowest BCUT2D eigenvalue weighted by Crippen LogP contribution is -2.15. The van der Waals surface area contributed by atoms with E-state index in [1.165, 1.54) is 37.7 Å². The lowest BCUT2D eigenvalue weighted by molar-refractivity contribution is -0.384. The highest BCUT2D eigenvalue weighted by Gasteiger charge is 2.15. The van der Waals surface area contributed by atoms with Crippen molar-refractivity contribution in [2.75, 3.05) is 12.4 Å². The number of hydrogen-bond donors (Lipinski definition) is 1. The van der Waals surface area contributed by atoms with E-state index in [4.69, 9.17) is 4.74 Å². The largest absolute Gasteiger partial charge is 0.495 e. The first-order valence-corrected chi connectivity index (χ1v) is 5.93. The first-order valence-electron chi connectivity index (χ1n) is 5.93. The molecule has 1 aromatic carbocycles. The zero-order valence-electron chi connectivity index (χ0n) is 11.4. The number of anilines is 1. The highest BCUT2D eigenvalue weighted by Crippen LogP contribution is 2.29. The Labute approximate surface area is 120 Å². The minimum absolute atomic E-state index is 0.106. The van der Waals surface area contributed by atoms with Gasteiger partial charge in [0, 0.05) is 18.3 Å². The molecule has 0 aliphatic carbocycles. The van der Waals surface area contributed by atoms with Crippen LogP contribution in [0.5, 0.6) is 5.75 Å². The molecular weight excluding hydrogens is 276 g/mol. The van der Waals surface area contributed by atoms with Crippen LogP contribution in [0.25, 0.3) is 0 Å². The number of non-ortho nitro benzene ring substituents is 1. The molecule has 0 aliphatic rings. The van der Waals surface area contributed by atoms with E-state index in [0.717, 1.165) is 0 Å². The van der Waals surface area contributed by atoms with Gasteiger partial charge in [0.05, 0.1) is 29.6 Å². The number of hydrogen-bond acceptors (Lipinski definition) is 6. The third-order valence-electron chi connectivity index (χ3n) is 2.66.